The number of pyridine rings is 3. The summed E-state index contributed by atoms with van der Waals surface area (Å²) >= 11 is 0. The van der Waals surface area contributed by atoms with Crippen molar-refractivity contribution in [2.24, 2.45) is 11.8 Å². The van der Waals surface area contributed by atoms with Gasteiger partial charge in [0.05, 0.1) is 30.2 Å². The minimum absolute atomic E-state index is 0.185. The Morgan fingerprint density at radius 3 is 3.04 bits per heavy atom. The molecule has 2 atom stereocenters. The molecule has 1 amide bonds. The molecular formula is C20H18N6O2. The molecule has 0 saturated heterocycles. The van der Waals surface area contributed by atoms with Gasteiger partial charge in [-0.2, -0.15) is 5.26 Å². The number of anilines is 2. The van der Waals surface area contributed by atoms with Crippen molar-refractivity contribution in [2.75, 3.05) is 18.2 Å². The Morgan fingerprint density at radius 2 is 2.29 bits per heavy atom. The van der Waals surface area contributed by atoms with Crippen LogP contribution in [0.5, 0.6) is 0 Å². The fourth-order valence-corrected chi connectivity index (χ4v) is 3.16. The van der Waals surface area contributed by atoms with Gasteiger partial charge in [-0.05, 0) is 35.6 Å². The third-order valence-corrected chi connectivity index (χ3v) is 4.78. The van der Waals surface area contributed by atoms with Gasteiger partial charge in [0.2, 0.25) is 5.91 Å². The number of fused-ring (bicyclic) bond motifs is 1. The Bertz CT molecular complexity index is 1110. The number of rotatable bonds is 5. The predicted octanol–water partition coefficient (Wildman–Crippen LogP) is 2.52. The molecule has 3 heterocycles. The number of nitriles is 1. The molecule has 3 aromatic heterocycles. The van der Waals surface area contributed by atoms with E-state index in [0.29, 0.717) is 35.7 Å². The third kappa shape index (κ3) is 3.35. The van der Waals surface area contributed by atoms with Crippen LogP contribution in [0.1, 0.15) is 12.0 Å². The number of hydrogen-bond donors (Lipinski definition) is 2. The van der Waals surface area contributed by atoms with Crippen LogP contribution >= 0.6 is 0 Å². The molecule has 0 aromatic carbocycles. The maximum atomic E-state index is 12.2. The molecular weight excluding hydrogens is 356 g/mol. The van der Waals surface area contributed by atoms with E-state index in [1.807, 2.05) is 12.1 Å². The Morgan fingerprint density at radius 1 is 1.43 bits per heavy atom. The number of carbonyl (C=O) groups excluding carboxylic acids is 1. The van der Waals surface area contributed by atoms with Crippen molar-refractivity contribution in [3.05, 3.63) is 42.4 Å². The van der Waals surface area contributed by atoms with Gasteiger partial charge in [0.15, 0.2) is 0 Å². The molecule has 3 aromatic rings. The molecule has 0 aliphatic heterocycles. The summed E-state index contributed by atoms with van der Waals surface area (Å²) in [6.07, 6.45) is 5.61. The summed E-state index contributed by atoms with van der Waals surface area (Å²) in [7, 11) is 1.63. The molecule has 1 saturated carbocycles. The molecule has 0 unspecified atom stereocenters. The van der Waals surface area contributed by atoms with Crippen molar-refractivity contribution < 1.29 is 9.53 Å². The van der Waals surface area contributed by atoms with Gasteiger partial charge in [-0.3, -0.25) is 9.78 Å². The van der Waals surface area contributed by atoms with Crippen LogP contribution in [-0.2, 0) is 16.1 Å². The van der Waals surface area contributed by atoms with Gasteiger partial charge in [-0.25, -0.2) is 9.97 Å². The van der Waals surface area contributed by atoms with E-state index in [-0.39, 0.29) is 17.7 Å². The number of hydrogen-bond acceptors (Lipinski definition) is 7. The number of methoxy groups -OCH3 is 1. The number of aromatic nitrogens is 3. The first-order valence-corrected chi connectivity index (χ1v) is 8.79. The molecule has 4 rings (SSSR count). The summed E-state index contributed by atoms with van der Waals surface area (Å²) in [5.74, 6) is 0.123. The lowest BCUT2D eigenvalue weighted by atomic mass is 10.0. The Labute approximate surface area is 161 Å². The van der Waals surface area contributed by atoms with E-state index in [1.54, 1.807) is 31.8 Å². The second-order valence-electron chi connectivity index (χ2n) is 6.72. The average molecular weight is 374 g/mol. The molecule has 28 heavy (non-hydrogen) atoms. The summed E-state index contributed by atoms with van der Waals surface area (Å²) in [6.45, 7) is 0.427. The van der Waals surface area contributed by atoms with Gasteiger partial charge < -0.3 is 15.8 Å². The quantitative estimate of drug-likeness (QED) is 0.702. The Hall–Kier alpha value is -3.57. The second-order valence-corrected chi connectivity index (χ2v) is 6.72. The number of nitrogens with two attached hydrogens (primary N) is 1. The van der Waals surface area contributed by atoms with Crippen molar-refractivity contribution >= 4 is 28.3 Å². The van der Waals surface area contributed by atoms with Crippen LogP contribution in [0.15, 0.2) is 36.8 Å². The van der Waals surface area contributed by atoms with E-state index >= 15 is 0 Å². The number of nitrogens with one attached hydrogen (secondary N) is 1. The molecule has 8 nitrogen and oxygen atoms in total. The molecule has 1 aliphatic rings. The molecule has 0 radical (unpaired) electrons. The Kier molecular flexibility index (Phi) is 4.59. The number of nitrogens with zero attached hydrogens (tertiary/aromatic N) is 4. The summed E-state index contributed by atoms with van der Waals surface area (Å²) in [4.78, 5) is 25.1. The third-order valence-electron chi connectivity index (χ3n) is 4.78. The second kappa shape index (κ2) is 7.21. The monoisotopic (exact) mass is 374 g/mol. The highest BCUT2D eigenvalue weighted by atomic mass is 16.5. The van der Waals surface area contributed by atoms with Crippen molar-refractivity contribution in [1.29, 1.82) is 5.26 Å². The predicted molar refractivity (Wildman–Crippen MR) is 104 cm³/mol. The fourth-order valence-electron chi connectivity index (χ4n) is 3.16. The molecule has 8 heteroatoms. The SMILES string of the molecule is COCc1ccncc1-c1cc2cc(NC(=O)[C@H]3C[C@@H]3C#N)ncc2c(N)n1. The van der Waals surface area contributed by atoms with Crippen LogP contribution in [-0.4, -0.2) is 28.0 Å². The molecule has 3 N–H and O–H groups in total. The Balaban J connectivity index is 1.69. The first-order chi connectivity index (χ1) is 13.6. The number of carbonyl (C=O) groups is 1. The maximum absolute atomic E-state index is 12.2. The van der Waals surface area contributed by atoms with Gasteiger partial charge in [0, 0.05) is 36.7 Å². The molecule has 140 valence electrons. The summed E-state index contributed by atoms with van der Waals surface area (Å²) < 4.78 is 5.25. The lowest BCUT2D eigenvalue weighted by Crippen LogP contribution is -2.15. The zero-order valence-electron chi connectivity index (χ0n) is 15.2. The molecule has 0 bridgehead atoms. The summed E-state index contributed by atoms with van der Waals surface area (Å²) in [5, 5.41) is 13.2. The summed E-state index contributed by atoms with van der Waals surface area (Å²) in [6, 6.07) is 7.63. The highest BCUT2D eigenvalue weighted by Crippen LogP contribution is 2.38. The van der Waals surface area contributed by atoms with Crippen LogP contribution in [0.3, 0.4) is 0 Å². The van der Waals surface area contributed by atoms with Crippen molar-refractivity contribution in [3.63, 3.8) is 0 Å². The maximum Gasteiger partial charge on any atom is 0.230 e. The normalized spacial score (nSPS) is 17.9. The van der Waals surface area contributed by atoms with E-state index in [2.05, 4.69) is 26.3 Å². The van der Waals surface area contributed by atoms with Crippen LogP contribution in [0.2, 0.25) is 0 Å². The number of nitrogen functional groups attached to an aromatic ring is 1. The van der Waals surface area contributed by atoms with Crippen LogP contribution in [0, 0.1) is 23.2 Å². The van der Waals surface area contributed by atoms with E-state index in [0.717, 1.165) is 16.5 Å². The first kappa shape index (κ1) is 17.8. The van der Waals surface area contributed by atoms with Crippen LogP contribution in [0.4, 0.5) is 11.6 Å². The largest absolute Gasteiger partial charge is 0.383 e. The van der Waals surface area contributed by atoms with E-state index in [1.165, 1.54) is 0 Å². The number of ether oxygens (including phenoxy) is 1. The van der Waals surface area contributed by atoms with Crippen molar-refractivity contribution in [3.8, 4) is 17.3 Å². The van der Waals surface area contributed by atoms with E-state index < -0.39 is 0 Å². The first-order valence-electron chi connectivity index (χ1n) is 8.79. The van der Waals surface area contributed by atoms with Crippen molar-refractivity contribution in [1.82, 2.24) is 15.0 Å². The van der Waals surface area contributed by atoms with Gasteiger partial charge in [-0.15, -0.1) is 0 Å². The lowest BCUT2D eigenvalue weighted by Gasteiger charge is -2.11. The zero-order valence-corrected chi connectivity index (χ0v) is 15.2. The standard InChI is InChI=1S/C20H18N6O2/c1-28-10-11-2-3-23-8-15(11)17-5-12-6-18(24-9-16(12)19(22)25-17)26-20(27)14-4-13(14)7-21/h2-3,5-6,8-9,13-14H,4,10H2,1H3,(H2,22,25)(H,24,26,27)/t13-,14+/m1/s1. The van der Waals surface area contributed by atoms with Gasteiger partial charge in [-0.1, -0.05) is 0 Å². The minimum Gasteiger partial charge on any atom is -0.383 e. The van der Waals surface area contributed by atoms with Crippen LogP contribution < -0.4 is 11.1 Å². The topological polar surface area (TPSA) is 127 Å². The van der Waals surface area contributed by atoms with Crippen molar-refractivity contribution in [2.45, 2.75) is 13.0 Å². The lowest BCUT2D eigenvalue weighted by molar-refractivity contribution is -0.117. The zero-order chi connectivity index (χ0) is 19.7. The van der Waals surface area contributed by atoms with Gasteiger partial charge in [0.25, 0.3) is 0 Å². The number of amides is 1. The molecule has 1 aliphatic carbocycles. The molecule has 1 fully saturated rings. The minimum atomic E-state index is -0.257. The van der Waals surface area contributed by atoms with Gasteiger partial charge >= 0.3 is 0 Å². The van der Waals surface area contributed by atoms with Gasteiger partial charge in [0.1, 0.15) is 11.6 Å². The molecule has 0 spiro atoms. The highest BCUT2D eigenvalue weighted by Gasteiger charge is 2.43. The van der Waals surface area contributed by atoms with Crippen LogP contribution in [0.25, 0.3) is 22.0 Å². The van der Waals surface area contributed by atoms with E-state index in [4.69, 9.17) is 15.7 Å². The smallest absolute Gasteiger partial charge is 0.230 e. The highest BCUT2D eigenvalue weighted by molar-refractivity contribution is 5.98. The fraction of sp³-hybridized carbons (Fsp3) is 0.250. The average Bonchev–Trinajstić information content (AvgIpc) is 3.48. The summed E-state index contributed by atoms with van der Waals surface area (Å²) in [5.41, 5.74) is 8.58. The van der Waals surface area contributed by atoms with E-state index in [9.17, 15) is 4.79 Å².